The van der Waals surface area contributed by atoms with Crippen LogP contribution in [0.3, 0.4) is 0 Å². The van der Waals surface area contributed by atoms with E-state index in [1.807, 2.05) is 57.2 Å². The Morgan fingerprint density at radius 1 is 0.880 bits per heavy atom. The molecule has 0 spiro atoms. The van der Waals surface area contributed by atoms with Crippen LogP contribution in [0.4, 0.5) is 5.69 Å². The van der Waals surface area contributed by atoms with Gasteiger partial charge >= 0.3 is 0 Å². The van der Waals surface area contributed by atoms with Crippen molar-refractivity contribution in [3.05, 3.63) is 82.3 Å². The summed E-state index contributed by atoms with van der Waals surface area (Å²) in [6.07, 6.45) is 1.66. The maximum absolute atomic E-state index is 12.5. The Hall–Kier alpha value is -2.59. The van der Waals surface area contributed by atoms with Gasteiger partial charge in [0.1, 0.15) is 0 Å². The van der Waals surface area contributed by atoms with E-state index >= 15 is 0 Å². The van der Waals surface area contributed by atoms with Crippen LogP contribution in [-0.2, 0) is 10.0 Å². The highest BCUT2D eigenvalue weighted by atomic mass is 32.2. The third-order valence-electron chi connectivity index (χ3n) is 4.19. The lowest BCUT2D eigenvalue weighted by Gasteiger charge is -2.09. The Balaban J connectivity index is 1.92. The van der Waals surface area contributed by atoms with E-state index in [4.69, 9.17) is 0 Å². The zero-order chi connectivity index (χ0) is 18.0. The van der Waals surface area contributed by atoms with Gasteiger partial charge in [-0.05, 0) is 55.0 Å². The topological polar surface area (TPSA) is 46.2 Å². The molecule has 0 unspecified atom stereocenters. The molecule has 3 aromatic rings. The fourth-order valence-corrected chi connectivity index (χ4v) is 3.98. The lowest BCUT2D eigenvalue weighted by atomic mass is 10.0. The van der Waals surface area contributed by atoms with Crippen molar-refractivity contribution in [1.82, 2.24) is 0 Å². The minimum Gasteiger partial charge on any atom is -0.279 e. The fourth-order valence-electron chi connectivity index (χ4n) is 3.11. The summed E-state index contributed by atoms with van der Waals surface area (Å²) in [5.41, 5.74) is 4.82. The Kier molecular flexibility index (Phi) is 4.64. The molecule has 0 heterocycles. The maximum atomic E-state index is 12.5. The largest absolute Gasteiger partial charge is 0.279 e. The van der Waals surface area contributed by atoms with Crippen LogP contribution in [0.5, 0.6) is 0 Å². The number of nitrogens with one attached hydrogen (secondary N) is 1. The molecule has 0 aliphatic carbocycles. The first-order valence-electron chi connectivity index (χ1n) is 8.12. The van der Waals surface area contributed by atoms with Gasteiger partial charge in [0, 0.05) is 5.39 Å². The number of sulfonamides is 1. The SMILES string of the molecule is Cc1cc(C)c(/C=C/S(=O)(=O)Nc2cccc3ccccc23)c(C)c1. The molecule has 0 aliphatic rings. The van der Waals surface area contributed by atoms with E-state index in [1.54, 1.807) is 12.1 Å². The third-order valence-corrected chi connectivity index (χ3v) is 5.19. The second-order valence-electron chi connectivity index (χ2n) is 6.29. The highest BCUT2D eigenvalue weighted by Gasteiger charge is 2.09. The van der Waals surface area contributed by atoms with Crippen molar-refractivity contribution in [3.63, 3.8) is 0 Å². The molecule has 0 bridgehead atoms. The lowest BCUT2D eigenvalue weighted by Crippen LogP contribution is -2.09. The summed E-state index contributed by atoms with van der Waals surface area (Å²) in [6, 6.07) is 17.4. The van der Waals surface area contributed by atoms with Gasteiger partial charge in [0.25, 0.3) is 10.0 Å². The smallest absolute Gasteiger partial charge is 0.255 e. The Bertz CT molecular complexity index is 1040. The first-order valence-corrected chi connectivity index (χ1v) is 9.67. The van der Waals surface area contributed by atoms with Gasteiger partial charge in [0.05, 0.1) is 11.1 Å². The normalized spacial score (nSPS) is 12.0. The quantitative estimate of drug-likeness (QED) is 0.704. The van der Waals surface area contributed by atoms with Gasteiger partial charge < -0.3 is 0 Å². The van der Waals surface area contributed by atoms with Gasteiger partial charge in [-0.3, -0.25) is 4.72 Å². The van der Waals surface area contributed by atoms with Crippen LogP contribution >= 0.6 is 0 Å². The molecule has 0 radical (unpaired) electrons. The summed E-state index contributed by atoms with van der Waals surface area (Å²) in [5, 5.41) is 3.11. The molecule has 0 aromatic heterocycles. The summed E-state index contributed by atoms with van der Waals surface area (Å²) in [5.74, 6) is 0. The summed E-state index contributed by atoms with van der Waals surface area (Å²) in [6.45, 7) is 6.02. The van der Waals surface area contributed by atoms with Crippen molar-refractivity contribution in [2.24, 2.45) is 0 Å². The summed E-state index contributed by atoms with van der Waals surface area (Å²) >= 11 is 0. The van der Waals surface area contributed by atoms with E-state index < -0.39 is 10.0 Å². The number of anilines is 1. The van der Waals surface area contributed by atoms with Crippen LogP contribution in [-0.4, -0.2) is 8.42 Å². The van der Waals surface area contributed by atoms with Crippen LogP contribution in [0.1, 0.15) is 22.3 Å². The van der Waals surface area contributed by atoms with E-state index in [2.05, 4.69) is 16.9 Å². The summed E-state index contributed by atoms with van der Waals surface area (Å²) in [7, 11) is -3.60. The second-order valence-corrected chi connectivity index (χ2v) is 7.86. The predicted molar refractivity (Wildman–Crippen MR) is 106 cm³/mol. The molecule has 4 heteroatoms. The molecule has 0 saturated carbocycles. The van der Waals surface area contributed by atoms with Crippen molar-refractivity contribution in [1.29, 1.82) is 0 Å². The molecule has 0 saturated heterocycles. The molecule has 0 amide bonds. The Morgan fingerprint density at radius 3 is 2.24 bits per heavy atom. The van der Waals surface area contributed by atoms with E-state index in [0.29, 0.717) is 5.69 Å². The third kappa shape index (κ3) is 3.91. The van der Waals surface area contributed by atoms with Crippen molar-refractivity contribution in [3.8, 4) is 0 Å². The zero-order valence-corrected chi connectivity index (χ0v) is 15.4. The highest BCUT2D eigenvalue weighted by Crippen LogP contribution is 2.24. The highest BCUT2D eigenvalue weighted by molar-refractivity contribution is 7.95. The first kappa shape index (κ1) is 17.2. The Morgan fingerprint density at radius 2 is 1.52 bits per heavy atom. The van der Waals surface area contributed by atoms with Gasteiger partial charge in [0.15, 0.2) is 0 Å². The van der Waals surface area contributed by atoms with E-state index in [-0.39, 0.29) is 0 Å². The number of hydrogen-bond acceptors (Lipinski definition) is 2. The number of hydrogen-bond donors (Lipinski definition) is 1. The van der Waals surface area contributed by atoms with Gasteiger partial charge in [-0.25, -0.2) is 8.42 Å². The zero-order valence-electron chi connectivity index (χ0n) is 14.6. The fraction of sp³-hybridized carbons (Fsp3) is 0.143. The Labute approximate surface area is 149 Å². The minimum absolute atomic E-state index is 0.583. The van der Waals surface area contributed by atoms with Crippen molar-refractivity contribution < 1.29 is 8.42 Å². The molecule has 0 fully saturated rings. The van der Waals surface area contributed by atoms with E-state index in [1.165, 1.54) is 11.0 Å². The molecule has 3 nitrogen and oxygen atoms in total. The van der Waals surface area contributed by atoms with Gasteiger partial charge in [-0.2, -0.15) is 0 Å². The second kappa shape index (κ2) is 6.73. The van der Waals surface area contributed by atoms with Crippen LogP contribution in [0, 0.1) is 20.8 Å². The summed E-state index contributed by atoms with van der Waals surface area (Å²) < 4.78 is 27.7. The minimum atomic E-state index is -3.60. The van der Waals surface area contributed by atoms with Crippen molar-refractivity contribution in [2.75, 3.05) is 4.72 Å². The molecular weight excluding hydrogens is 330 g/mol. The van der Waals surface area contributed by atoms with Gasteiger partial charge in [-0.1, -0.05) is 54.1 Å². The number of fused-ring (bicyclic) bond motifs is 1. The molecule has 3 rings (SSSR count). The number of aryl methyl sites for hydroxylation is 3. The average Bonchev–Trinajstić information content (AvgIpc) is 2.54. The van der Waals surface area contributed by atoms with E-state index in [0.717, 1.165) is 27.5 Å². The first-order chi connectivity index (χ1) is 11.9. The standard InChI is InChI=1S/C21H21NO2S/c1-15-13-16(2)19(17(3)14-15)11-12-25(23,24)22-21-10-6-8-18-7-4-5-9-20(18)21/h4-14,22H,1-3H3/b12-11+. The van der Waals surface area contributed by atoms with Crippen LogP contribution in [0.2, 0.25) is 0 Å². The summed E-state index contributed by atoms with van der Waals surface area (Å²) in [4.78, 5) is 0. The lowest BCUT2D eigenvalue weighted by molar-refractivity contribution is 0.609. The molecule has 128 valence electrons. The predicted octanol–water partition coefficient (Wildman–Crippen LogP) is 5.18. The van der Waals surface area contributed by atoms with Crippen molar-refractivity contribution in [2.45, 2.75) is 20.8 Å². The van der Waals surface area contributed by atoms with Gasteiger partial charge in [0.2, 0.25) is 0 Å². The van der Waals surface area contributed by atoms with Crippen LogP contribution < -0.4 is 4.72 Å². The van der Waals surface area contributed by atoms with Gasteiger partial charge in [-0.15, -0.1) is 0 Å². The molecule has 25 heavy (non-hydrogen) atoms. The maximum Gasteiger partial charge on any atom is 0.255 e. The van der Waals surface area contributed by atoms with E-state index in [9.17, 15) is 8.42 Å². The monoisotopic (exact) mass is 351 g/mol. The number of rotatable bonds is 4. The molecule has 0 atom stereocenters. The van der Waals surface area contributed by atoms with Crippen LogP contribution in [0.15, 0.2) is 60.0 Å². The average molecular weight is 351 g/mol. The number of benzene rings is 3. The van der Waals surface area contributed by atoms with Crippen LogP contribution in [0.25, 0.3) is 16.8 Å². The molecule has 3 aromatic carbocycles. The molecule has 0 aliphatic heterocycles. The molecule has 1 N–H and O–H groups in total. The molecular formula is C21H21NO2S. The van der Waals surface area contributed by atoms with Crippen molar-refractivity contribution >= 4 is 32.6 Å².